The van der Waals surface area contributed by atoms with Crippen molar-refractivity contribution in [1.29, 1.82) is 0 Å². The minimum absolute atomic E-state index is 0.0505. The molecule has 35 heavy (non-hydrogen) atoms. The Kier molecular flexibility index (Phi) is 6.53. The number of ether oxygens (including phenoxy) is 1. The van der Waals surface area contributed by atoms with Crippen molar-refractivity contribution in [2.45, 2.75) is 37.8 Å². The number of methoxy groups -OCH3 is 1. The van der Waals surface area contributed by atoms with E-state index in [-0.39, 0.29) is 24.2 Å². The zero-order valence-electron chi connectivity index (χ0n) is 19.8. The van der Waals surface area contributed by atoms with E-state index in [1.165, 1.54) is 12.1 Å². The molecule has 3 aromatic rings. The first-order valence-corrected chi connectivity index (χ1v) is 12.1. The summed E-state index contributed by atoms with van der Waals surface area (Å²) in [7, 11) is 1.61. The molecule has 2 heterocycles. The number of hydrogen-bond acceptors (Lipinski definition) is 3. The fourth-order valence-corrected chi connectivity index (χ4v) is 5.30. The van der Waals surface area contributed by atoms with Crippen LogP contribution >= 0.6 is 0 Å². The van der Waals surface area contributed by atoms with Gasteiger partial charge in [0, 0.05) is 25.2 Å². The van der Waals surface area contributed by atoms with Crippen LogP contribution in [-0.2, 0) is 11.3 Å². The van der Waals surface area contributed by atoms with Crippen molar-refractivity contribution in [3.8, 4) is 5.75 Å². The fraction of sp³-hybridized carbons (Fsp3) is 0.310. The molecule has 180 valence electrons. The average Bonchev–Trinajstić information content (AvgIpc) is 2.91. The maximum Gasteiger partial charge on any atom is 0.255 e. The molecule has 2 atom stereocenters. The summed E-state index contributed by atoms with van der Waals surface area (Å²) >= 11 is 0. The van der Waals surface area contributed by atoms with E-state index in [0.717, 1.165) is 49.0 Å². The molecule has 0 bridgehead atoms. The molecule has 1 fully saturated rings. The van der Waals surface area contributed by atoms with Gasteiger partial charge in [-0.05, 0) is 66.3 Å². The van der Waals surface area contributed by atoms with Crippen LogP contribution in [0.1, 0.15) is 58.3 Å². The molecule has 5 nitrogen and oxygen atoms in total. The van der Waals surface area contributed by atoms with Crippen LogP contribution in [0.4, 0.5) is 4.39 Å². The van der Waals surface area contributed by atoms with Crippen LogP contribution in [0.25, 0.3) is 0 Å². The lowest BCUT2D eigenvalue weighted by Crippen LogP contribution is -2.49. The van der Waals surface area contributed by atoms with Gasteiger partial charge < -0.3 is 14.5 Å². The third-order valence-electron chi connectivity index (χ3n) is 7.10. The maximum absolute atomic E-state index is 14.1. The smallest absolute Gasteiger partial charge is 0.255 e. The number of benzene rings is 3. The number of rotatable bonds is 5. The lowest BCUT2D eigenvalue weighted by atomic mass is 9.78. The van der Waals surface area contributed by atoms with Gasteiger partial charge in [-0.25, -0.2) is 4.39 Å². The van der Waals surface area contributed by atoms with Crippen molar-refractivity contribution in [3.63, 3.8) is 0 Å². The summed E-state index contributed by atoms with van der Waals surface area (Å²) < 4.78 is 18.9. The SMILES string of the molecule is COc1ccc(C2C(C(=O)N3CCCCC3)c3ccccc3C(=O)N2Cc2ccc(F)cc2)cc1. The van der Waals surface area contributed by atoms with Gasteiger partial charge in [0.05, 0.1) is 19.1 Å². The Labute approximate surface area is 205 Å². The third kappa shape index (κ3) is 4.53. The number of hydrogen-bond donors (Lipinski definition) is 0. The molecule has 0 aliphatic carbocycles. The number of piperidine rings is 1. The topological polar surface area (TPSA) is 49.9 Å². The van der Waals surface area contributed by atoms with E-state index in [1.54, 1.807) is 30.2 Å². The normalized spacial score (nSPS) is 19.9. The van der Waals surface area contributed by atoms with Gasteiger partial charge in [-0.15, -0.1) is 0 Å². The Morgan fingerprint density at radius 3 is 2.31 bits per heavy atom. The van der Waals surface area contributed by atoms with Crippen molar-refractivity contribution in [2.24, 2.45) is 0 Å². The van der Waals surface area contributed by atoms with Gasteiger partial charge in [0.2, 0.25) is 5.91 Å². The molecule has 2 aliphatic rings. The Balaban J connectivity index is 1.64. The Hall–Kier alpha value is -3.67. The second-order valence-corrected chi connectivity index (χ2v) is 9.23. The van der Waals surface area contributed by atoms with Crippen LogP contribution < -0.4 is 4.74 Å². The Morgan fingerprint density at radius 1 is 0.943 bits per heavy atom. The molecule has 0 spiro atoms. The molecule has 2 unspecified atom stereocenters. The van der Waals surface area contributed by atoms with E-state index >= 15 is 0 Å². The standard InChI is InChI=1S/C29H29FN2O3/c1-35-23-15-11-21(12-16-23)27-26(29(34)31-17-5-2-6-18-31)24-7-3-4-8-25(24)28(33)32(27)19-20-9-13-22(30)14-10-20/h3-4,7-16,26-27H,2,5-6,17-19H2,1H3. The highest BCUT2D eigenvalue weighted by Crippen LogP contribution is 2.45. The van der Waals surface area contributed by atoms with E-state index < -0.39 is 12.0 Å². The maximum atomic E-state index is 14.1. The summed E-state index contributed by atoms with van der Waals surface area (Å²) in [5.74, 6) is -0.229. The van der Waals surface area contributed by atoms with Gasteiger partial charge in [0.15, 0.2) is 0 Å². The number of carbonyl (C=O) groups excluding carboxylic acids is 2. The summed E-state index contributed by atoms with van der Waals surface area (Å²) in [6.45, 7) is 1.74. The highest BCUT2D eigenvalue weighted by molar-refractivity contribution is 6.01. The van der Waals surface area contributed by atoms with Crippen LogP contribution in [0, 0.1) is 5.82 Å². The number of halogens is 1. The largest absolute Gasteiger partial charge is 0.497 e. The molecule has 0 aromatic heterocycles. The van der Waals surface area contributed by atoms with Crippen LogP contribution in [0.15, 0.2) is 72.8 Å². The monoisotopic (exact) mass is 472 g/mol. The van der Waals surface area contributed by atoms with Crippen LogP contribution in [0.5, 0.6) is 5.75 Å². The van der Waals surface area contributed by atoms with Crippen LogP contribution in [0.3, 0.4) is 0 Å². The Morgan fingerprint density at radius 2 is 1.63 bits per heavy atom. The summed E-state index contributed by atoms with van der Waals surface area (Å²) in [5, 5.41) is 0. The number of amides is 2. The van der Waals surface area contributed by atoms with E-state index in [9.17, 15) is 14.0 Å². The van der Waals surface area contributed by atoms with Crippen molar-refractivity contribution in [3.05, 3.63) is 101 Å². The lowest BCUT2D eigenvalue weighted by molar-refractivity contribution is -0.135. The molecule has 1 saturated heterocycles. The molecule has 2 amide bonds. The lowest BCUT2D eigenvalue weighted by Gasteiger charge is -2.44. The minimum atomic E-state index is -0.532. The van der Waals surface area contributed by atoms with Gasteiger partial charge in [0.1, 0.15) is 11.6 Å². The van der Waals surface area contributed by atoms with E-state index in [1.807, 2.05) is 47.4 Å². The van der Waals surface area contributed by atoms with E-state index in [2.05, 4.69) is 0 Å². The molecule has 2 aliphatic heterocycles. The van der Waals surface area contributed by atoms with Gasteiger partial charge in [0.25, 0.3) is 5.91 Å². The summed E-state index contributed by atoms with van der Waals surface area (Å²) in [4.78, 5) is 31.6. The molecular weight excluding hydrogens is 443 g/mol. The quantitative estimate of drug-likeness (QED) is 0.505. The van der Waals surface area contributed by atoms with Crippen molar-refractivity contribution in [1.82, 2.24) is 9.80 Å². The summed E-state index contributed by atoms with van der Waals surface area (Å²) in [6, 6.07) is 20.7. The molecule has 0 radical (unpaired) electrons. The molecular formula is C29H29FN2O3. The molecule has 6 heteroatoms. The predicted octanol–water partition coefficient (Wildman–Crippen LogP) is 5.33. The van der Waals surface area contributed by atoms with Crippen LogP contribution in [0.2, 0.25) is 0 Å². The number of fused-ring (bicyclic) bond motifs is 1. The predicted molar refractivity (Wildman–Crippen MR) is 132 cm³/mol. The first-order valence-electron chi connectivity index (χ1n) is 12.1. The minimum Gasteiger partial charge on any atom is -0.497 e. The first-order chi connectivity index (χ1) is 17.1. The zero-order chi connectivity index (χ0) is 24.4. The van der Waals surface area contributed by atoms with Crippen LogP contribution in [-0.4, -0.2) is 41.8 Å². The highest BCUT2D eigenvalue weighted by atomic mass is 19.1. The van der Waals surface area contributed by atoms with E-state index in [0.29, 0.717) is 11.3 Å². The van der Waals surface area contributed by atoms with Crippen molar-refractivity contribution < 1.29 is 18.7 Å². The zero-order valence-corrected chi connectivity index (χ0v) is 19.8. The Bertz CT molecular complexity index is 1200. The second-order valence-electron chi connectivity index (χ2n) is 9.23. The van der Waals surface area contributed by atoms with Gasteiger partial charge in [-0.1, -0.05) is 42.5 Å². The molecule has 0 saturated carbocycles. The number of likely N-dealkylation sites (tertiary alicyclic amines) is 1. The summed E-state index contributed by atoms with van der Waals surface area (Å²) in [6.07, 6.45) is 3.11. The average molecular weight is 473 g/mol. The molecule has 5 rings (SSSR count). The third-order valence-corrected chi connectivity index (χ3v) is 7.10. The molecule has 0 N–H and O–H groups in total. The van der Waals surface area contributed by atoms with Gasteiger partial charge in [-0.2, -0.15) is 0 Å². The number of carbonyl (C=O) groups is 2. The van der Waals surface area contributed by atoms with Crippen molar-refractivity contribution >= 4 is 11.8 Å². The highest BCUT2D eigenvalue weighted by Gasteiger charge is 2.45. The second kappa shape index (κ2) is 9.90. The van der Waals surface area contributed by atoms with E-state index in [4.69, 9.17) is 4.74 Å². The van der Waals surface area contributed by atoms with Crippen molar-refractivity contribution in [2.75, 3.05) is 20.2 Å². The van der Waals surface area contributed by atoms with Gasteiger partial charge >= 0.3 is 0 Å². The summed E-state index contributed by atoms with van der Waals surface area (Å²) in [5.41, 5.74) is 2.99. The number of nitrogens with zero attached hydrogens (tertiary/aromatic N) is 2. The fourth-order valence-electron chi connectivity index (χ4n) is 5.30. The van der Waals surface area contributed by atoms with Gasteiger partial charge in [-0.3, -0.25) is 9.59 Å². The molecule has 3 aromatic carbocycles. The first kappa shape index (κ1) is 23.1.